The number of benzene rings is 1. The number of para-hydroxylation sites is 2. The molecule has 0 saturated carbocycles. The zero-order chi connectivity index (χ0) is 13.0. The van der Waals surface area contributed by atoms with Gasteiger partial charge in [-0.1, -0.05) is 12.1 Å². The number of hydrogen-bond acceptors (Lipinski definition) is 5. The second kappa shape index (κ2) is 5.53. The van der Waals surface area contributed by atoms with Gasteiger partial charge in [-0.3, -0.25) is 4.79 Å². The van der Waals surface area contributed by atoms with E-state index in [1.165, 1.54) is 0 Å². The number of esters is 1. The Balaban J connectivity index is 2.00. The molecule has 1 aromatic carbocycles. The van der Waals surface area contributed by atoms with Crippen molar-refractivity contribution >= 4 is 23.1 Å². The fourth-order valence-corrected chi connectivity index (χ4v) is 1.61. The van der Waals surface area contributed by atoms with Gasteiger partial charge in [0.25, 0.3) is 6.01 Å². The summed E-state index contributed by atoms with van der Waals surface area (Å²) in [6, 6.07) is 8.08. The number of fused-ring (bicyclic) bond motifs is 1. The van der Waals surface area contributed by atoms with Gasteiger partial charge in [-0.15, -0.1) is 0 Å². The van der Waals surface area contributed by atoms with Crippen LogP contribution in [0, 0.1) is 0 Å². The Morgan fingerprint density at radius 1 is 1.44 bits per heavy atom. The second-order valence-corrected chi connectivity index (χ2v) is 3.94. The van der Waals surface area contributed by atoms with E-state index < -0.39 is 0 Å². The average molecular weight is 248 g/mol. The number of aromatic nitrogens is 1. The summed E-state index contributed by atoms with van der Waals surface area (Å²) in [6.07, 6.45) is 0.322. The molecule has 0 atom stereocenters. The van der Waals surface area contributed by atoms with E-state index in [0.717, 1.165) is 11.1 Å². The quantitative estimate of drug-likeness (QED) is 0.759. The summed E-state index contributed by atoms with van der Waals surface area (Å²) in [5, 5.41) is 0. The van der Waals surface area contributed by atoms with Crippen molar-refractivity contribution in [1.29, 1.82) is 0 Å². The largest absolute Gasteiger partial charge is 0.466 e. The van der Waals surface area contributed by atoms with Gasteiger partial charge in [-0.2, -0.15) is 4.98 Å². The van der Waals surface area contributed by atoms with Crippen molar-refractivity contribution in [2.75, 3.05) is 25.1 Å². The monoisotopic (exact) mass is 248 g/mol. The summed E-state index contributed by atoms with van der Waals surface area (Å²) in [5.41, 5.74) is 1.56. The van der Waals surface area contributed by atoms with Crippen LogP contribution >= 0.6 is 0 Å². The number of rotatable bonds is 5. The molecule has 5 heteroatoms. The van der Waals surface area contributed by atoms with Crippen LogP contribution in [0.2, 0.25) is 0 Å². The third-order valence-corrected chi connectivity index (χ3v) is 2.57. The van der Waals surface area contributed by atoms with E-state index >= 15 is 0 Å². The Morgan fingerprint density at radius 3 is 2.94 bits per heavy atom. The van der Waals surface area contributed by atoms with Crippen LogP contribution in [0.25, 0.3) is 11.1 Å². The molecule has 96 valence electrons. The zero-order valence-electron chi connectivity index (χ0n) is 10.5. The lowest BCUT2D eigenvalue weighted by atomic mass is 10.3. The lowest BCUT2D eigenvalue weighted by Gasteiger charge is -2.13. The Hall–Kier alpha value is -2.04. The van der Waals surface area contributed by atoms with Crippen LogP contribution in [0.15, 0.2) is 28.7 Å². The van der Waals surface area contributed by atoms with Crippen molar-refractivity contribution in [3.8, 4) is 0 Å². The number of carbonyl (C=O) groups excluding carboxylic acids is 1. The van der Waals surface area contributed by atoms with E-state index in [0.29, 0.717) is 25.6 Å². The number of oxazole rings is 1. The molecule has 0 aliphatic carbocycles. The SMILES string of the molecule is CCOC(=O)CCN(C)c1nc2ccccc2o1. The second-order valence-electron chi connectivity index (χ2n) is 3.94. The maximum atomic E-state index is 11.3. The lowest BCUT2D eigenvalue weighted by Crippen LogP contribution is -2.22. The minimum absolute atomic E-state index is 0.208. The highest BCUT2D eigenvalue weighted by Gasteiger charge is 2.11. The first-order chi connectivity index (χ1) is 8.70. The molecule has 2 aromatic rings. The van der Waals surface area contributed by atoms with Crippen LogP contribution in [0.1, 0.15) is 13.3 Å². The summed E-state index contributed by atoms with van der Waals surface area (Å²) in [6.45, 7) is 2.72. The third-order valence-electron chi connectivity index (χ3n) is 2.57. The molecular weight excluding hydrogens is 232 g/mol. The van der Waals surface area contributed by atoms with Gasteiger partial charge in [0.1, 0.15) is 5.52 Å². The Labute approximate surface area is 105 Å². The van der Waals surface area contributed by atoms with Crippen molar-refractivity contribution < 1.29 is 13.9 Å². The van der Waals surface area contributed by atoms with Crippen molar-refractivity contribution in [2.24, 2.45) is 0 Å². The van der Waals surface area contributed by atoms with Crippen LogP contribution < -0.4 is 4.90 Å². The number of anilines is 1. The summed E-state index contributed by atoms with van der Waals surface area (Å²) in [4.78, 5) is 17.4. The molecule has 0 N–H and O–H groups in total. The molecule has 18 heavy (non-hydrogen) atoms. The Bertz CT molecular complexity index is 503. The van der Waals surface area contributed by atoms with Crippen LogP contribution in [-0.4, -0.2) is 31.2 Å². The van der Waals surface area contributed by atoms with Crippen molar-refractivity contribution in [3.63, 3.8) is 0 Å². The number of nitrogens with zero attached hydrogens (tertiary/aromatic N) is 2. The molecule has 0 unspecified atom stereocenters. The molecule has 1 aromatic heterocycles. The van der Waals surface area contributed by atoms with Gasteiger partial charge in [-0.25, -0.2) is 0 Å². The van der Waals surface area contributed by atoms with E-state index in [-0.39, 0.29) is 5.97 Å². The van der Waals surface area contributed by atoms with Crippen LogP contribution in [0.3, 0.4) is 0 Å². The van der Waals surface area contributed by atoms with Crippen LogP contribution in [0.5, 0.6) is 0 Å². The highest BCUT2D eigenvalue weighted by molar-refractivity contribution is 5.74. The van der Waals surface area contributed by atoms with E-state index in [1.54, 1.807) is 11.8 Å². The Morgan fingerprint density at radius 2 is 2.22 bits per heavy atom. The number of hydrogen-bond donors (Lipinski definition) is 0. The van der Waals surface area contributed by atoms with Gasteiger partial charge >= 0.3 is 5.97 Å². The molecule has 2 rings (SSSR count). The van der Waals surface area contributed by atoms with Crippen LogP contribution in [0.4, 0.5) is 6.01 Å². The summed E-state index contributed by atoms with van der Waals surface area (Å²) >= 11 is 0. The maximum Gasteiger partial charge on any atom is 0.307 e. The van der Waals surface area contributed by atoms with E-state index in [9.17, 15) is 4.79 Å². The first-order valence-corrected chi connectivity index (χ1v) is 5.93. The predicted octanol–water partition coefficient (Wildman–Crippen LogP) is 2.22. The minimum atomic E-state index is -0.208. The first kappa shape index (κ1) is 12.4. The summed E-state index contributed by atoms with van der Waals surface area (Å²) in [5.74, 6) is -0.208. The third kappa shape index (κ3) is 2.80. The highest BCUT2D eigenvalue weighted by atomic mass is 16.5. The molecule has 0 aliphatic heterocycles. The van der Waals surface area contributed by atoms with E-state index in [1.807, 2.05) is 31.3 Å². The standard InChI is InChI=1S/C13H16N2O3/c1-3-17-12(16)8-9-15(2)13-14-10-6-4-5-7-11(10)18-13/h4-7H,3,8-9H2,1-2H3. The topological polar surface area (TPSA) is 55.6 Å². The molecular formula is C13H16N2O3. The number of carbonyl (C=O) groups is 1. The minimum Gasteiger partial charge on any atom is -0.466 e. The summed E-state index contributed by atoms with van der Waals surface area (Å²) < 4.78 is 10.5. The van der Waals surface area contributed by atoms with Crippen LogP contribution in [-0.2, 0) is 9.53 Å². The van der Waals surface area contributed by atoms with Gasteiger partial charge < -0.3 is 14.1 Å². The number of ether oxygens (including phenoxy) is 1. The van der Waals surface area contributed by atoms with Crippen molar-refractivity contribution in [2.45, 2.75) is 13.3 Å². The van der Waals surface area contributed by atoms with Gasteiger partial charge in [0.2, 0.25) is 0 Å². The van der Waals surface area contributed by atoms with Crippen molar-refractivity contribution in [3.05, 3.63) is 24.3 Å². The molecule has 5 nitrogen and oxygen atoms in total. The van der Waals surface area contributed by atoms with E-state index in [4.69, 9.17) is 9.15 Å². The van der Waals surface area contributed by atoms with E-state index in [2.05, 4.69) is 4.98 Å². The van der Waals surface area contributed by atoms with Gasteiger partial charge in [0, 0.05) is 13.6 Å². The smallest absolute Gasteiger partial charge is 0.307 e. The molecule has 0 fully saturated rings. The predicted molar refractivity (Wildman–Crippen MR) is 68.5 cm³/mol. The fraction of sp³-hybridized carbons (Fsp3) is 0.385. The van der Waals surface area contributed by atoms with Gasteiger partial charge in [-0.05, 0) is 19.1 Å². The zero-order valence-corrected chi connectivity index (χ0v) is 10.5. The maximum absolute atomic E-state index is 11.3. The molecule has 1 heterocycles. The van der Waals surface area contributed by atoms with Gasteiger partial charge in [0.05, 0.1) is 13.0 Å². The molecule has 0 saturated heterocycles. The molecule has 0 bridgehead atoms. The van der Waals surface area contributed by atoms with Crippen molar-refractivity contribution in [1.82, 2.24) is 4.98 Å². The fourth-order valence-electron chi connectivity index (χ4n) is 1.61. The average Bonchev–Trinajstić information content (AvgIpc) is 2.80. The lowest BCUT2D eigenvalue weighted by molar-refractivity contribution is -0.142. The Kier molecular flexibility index (Phi) is 3.82. The summed E-state index contributed by atoms with van der Waals surface area (Å²) in [7, 11) is 1.84. The van der Waals surface area contributed by atoms with Gasteiger partial charge in [0.15, 0.2) is 5.58 Å². The molecule has 0 amide bonds. The highest BCUT2D eigenvalue weighted by Crippen LogP contribution is 2.20. The first-order valence-electron chi connectivity index (χ1n) is 5.93. The molecule has 0 aliphatic rings. The molecule has 0 spiro atoms. The molecule has 0 radical (unpaired) electrons. The normalized spacial score (nSPS) is 10.6.